The van der Waals surface area contributed by atoms with E-state index in [0.29, 0.717) is 19.7 Å². The maximum Gasteiger partial charge on any atom is 0.410 e. The normalized spacial score (nSPS) is 26.2. The Balaban J connectivity index is 1.40. The predicted octanol–water partition coefficient (Wildman–Crippen LogP) is 3.81. The van der Waals surface area contributed by atoms with Crippen LogP contribution in [0.15, 0.2) is 41.6 Å². The van der Waals surface area contributed by atoms with Gasteiger partial charge in [-0.3, -0.25) is 0 Å². The summed E-state index contributed by atoms with van der Waals surface area (Å²) in [5.74, 6) is 0. The summed E-state index contributed by atoms with van der Waals surface area (Å²) in [6.07, 6.45) is 1.85. The molecule has 0 saturated carbocycles. The van der Waals surface area contributed by atoms with Gasteiger partial charge in [-0.15, -0.1) is 0 Å². The number of nitrogens with zero attached hydrogens (tertiary/aromatic N) is 2. The molecule has 2 unspecified atom stereocenters. The average Bonchev–Trinajstić information content (AvgIpc) is 3.16. The molecule has 7 heteroatoms. The van der Waals surface area contributed by atoms with Crippen LogP contribution in [0.4, 0.5) is 4.79 Å². The zero-order valence-corrected chi connectivity index (χ0v) is 19.6. The molecular weight excluding hydrogens is 446 g/mol. The minimum absolute atomic E-state index is 0.0315. The van der Waals surface area contributed by atoms with Gasteiger partial charge in [-0.2, -0.15) is 0 Å². The van der Waals surface area contributed by atoms with Gasteiger partial charge in [0.1, 0.15) is 12.7 Å². The largest absolute Gasteiger partial charge is 0.445 e. The molecule has 1 aliphatic carbocycles. The molecule has 2 heterocycles. The number of amides is 1. The van der Waals surface area contributed by atoms with Crippen LogP contribution in [0.1, 0.15) is 45.6 Å². The van der Waals surface area contributed by atoms with E-state index in [0.717, 1.165) is 37.1 Å². The summed E-state index contributed by atoms with van der Waals surface area (Å²) in [5, 5.41) is 13.3. The first-order valence-electron chi connectivity index (χ1n) is 10.7. The van der Waals surface area contributed by atoms with Crippen LogP contribution in [-0.4, -0.2) is 57.2 Å². The third-order valence-electron chi connectivity index (χ3n) is 6.65. The molecule has 1 saturated heterocycles. The number of hydrogen-bond donors (Lipinski definition) is 2. The van der Waals surface area contributed by atoms with Crippen LogP contribution in [0.5, 0.6) is 0 Å². The third kappa shape index (κ3) is 3.99. The predicted molar refractivity (Wildman–Crippen MR) is 120 cm³/mol. The van der Waals surface area contributed by atoms with E-state index in [1.165, 1.54) is 5.57 Å². The summed E-state index contributed by atoms with van der Waals surface area (Å²) in [6, 6.07) is 9.75. The lowest BCUT2D eigenvalue weighted by Crippen LogP contribution is -2.55. The van der Waals surface area contributed by atoms with Crippen molar-refractivity contribution in [1.29, 1.82) is 0 Å². The van der Waals surface area contributed by atoms with Crippen molar-refractivity contribution in [1.82, 2.24) is 15.3 Å². The van der Waals surface area contributed by atoms with Gasteiger partial charge < -0.3 is 19.8 Å². The second kappa shape index (κ2) is 8.17. The van der Waals surface area contributed by atoms with Gasteiger partial charge in [-0.05, 0) is 56.6 Å². The van der Waals surface area contributed by atoms with Gasteiger partial charge in [0, 0.05) is 25.2 Å². The SMILES string of the molecule is CC(C)(C)N1NCC2=C1C(O)C(Br)C1(CCN(C(=O)OCc3ccccc3)CC1)C2. The lowest BCUT2D eigenvalue weighted by molar-refractivity contribution is 0.0230. The molecule has 3 aliphatic rings. The Bertz CT molecular complexity index is 813. The van der Waals surface area contributed by atoms with Crippen molar-refractivity contribution >= 4 is 22.0 Å². The first kappa shape index (κ1) is 21.7. The summed E-state index contributed by atoms with van der Waals surface area (Å²) < 4.78 is 5.51. The Hall–Kier alpha value is -1.57. The summed E-state index contributed by atoms with van der Waals surface area (Å²) in [5.41, 5.74) is 6.65. The standard InChI is InChI=1S/C23H32BrN3O3/c1-22(2,3)27-18-17(14-25-27)13-23(20(24)19(18)28)9-11-26(12-10-23)21(29)30-15-16-7-5-4-6-8-16/h4-8,19-20,25,28H,9-15H2,1-3H3. The van der Waals surface area contributed by atoms with Crippen molar-refractivity contribution in [3.63, 3.8) is 0 Å². The zero-order chi connectivity index (χ0) is 21.5. The van der Waals surface area contributed by atoms with Crippen LogP contribution in [0.2, 0.25) is 0 Å². The lowest BCUT2D eigenvalue weighted by Gasteiger charge is -2.50. The van der Waals surface area contributed by atoms with E-state index in [-0.39, 0.29) is 21.9 Å². The molecule has 1 amide bonds. The molecule has 4 rings (SSSR count). The number of rotatable bonds is 2. The summed E-state index contributed by atoms with van der Waals surface area (Å²) in [6.45, 7) is 8.84. The van der Waals surface area contributed by atoms with Crippen molar-refractivity contribution in [2.45, 2.75) is 63.1 Å². The number of halogens is 1. The fraction of sp³-hybridized carbons (Fsp3) is 0.609. The average molecular weight is 478 g/mol. The molecule has 0 aromatic heterocycles. The Kier molecular flexibility index (Phi) is 5.90. The van der Waals surface area contributed by atoms with Gasteiger partial charge in [0.2, 0.25) is 0 Å². The lowest BCUT2D eigenvalue weighted by atomic mass is 9.66. The van der Waals surface area contributed by atoms with E-state index >= 15 is 0 Å². The van der Waals surface area contributed by atoms with Crippen LogP contribution in [-0.2, 0) is 11.3 Å². The minimum atomic E-state index is -0.556. The smallest absolute Gasteiger partial charge is 0.410 e. The molecule has 6 nitrogen and oxygen atoms in total. The molecule has 1 spiro atoms. The van der Waals surface area contributed by atoms with Crippen LogP contribution < -0.4 is 5.43 Å². The quantitative estimate of drug-likeness (QED) is 0.634. The molecule has 1 aromatic carbocycles. The number of hydrogen-bond acceptors (Lipinski definition) is 5. The Morgan fingerprint density at radius 2 is 1.93 bits per heavy atom. The van der Waals surface area contributed by atoms with Gasteiger partial charge in [0.05, 0.1) is 10.5 Å². The third-order valence-corrected chi connectivity index (χ3v) is 8.13. The van der Waals surface area contributed by atoms with E-state index < -0.39 is 6.10 Å². The second-order valence-electron chi connectivity index (χ2n) is 9.74. The molecule has 30 heavy (non-hydrogen) atoms. The summed E-state index contributed by atoms with van der Waals surface area (Å²) >= 11 is 3.85. The van der Waals surface area contributed by atoms with Crippen LogP contribution in [0.3, 0.4) is 0 Å². The number of aliphatic hydroxyl groups is 1. The Labute approximate surface area is 187 Å². The molecule has 1 aromatic rings. The number of benzene rings is 1. The van der Waals surface area contributed by atoms with Crippen molar-refractivity contribution < 1.29 is 14.6 Å². The summed E-state index contributed by atoms with van der Waals surface area (Å²) in [4.78, 5) is 14.3. The topological polar surface area (TPSA) is 65.0 Å². The number of carbonyl (C=O) groups excluding carboxylic acids is 1. The number of likely N-dealkylation sites (tertiary alicyclic amines) is 1. The Morgan fingerprint density at radius 1 is 1.27 bits per heavy atom. The summed E-state index contributed by atoms with van der Waals surface area (Å²) in [7, 11) is 0. The van der Waals surface area contributed by atoms with Crippen LogP contribution in [0.25, 0.3) is 0 Å². The number of aliphatic hydroxyl groups excluding tert-OH is 1. The molecule has 1 fully saturated rings. The maximum atomic E-state index is 12.5. The van der Waals surface area contributed by atoms with Crippen molar-refractivity contribution in [2.24, 2.45) is 5.41 Å². The van der Waals surface area contributed by atoms with Gasteiger partial charge in [0.15, 0.2) is 0 Å². The highest BCUT2D eigenvalue weighted by Crippen LogP contribution is 2.52. The molecular formula is C23H32BrN3O3. The van der Waals surface area contributed by atoms with Crippen molar-refractivity contribution in [3.05, 3.63) is 47.2 Å². The van der Waals surface area contributed by atoms with Gasteiger partial charge in [-0.1, -0.05) is 46.3 Å². The molecule has 2 N–H and O–H groups in total. The fourth-order valence-corrected chi connectivity index (χ4v) is 5.87. The van der Waals surface area contributed by atoms with E-state index in [1.807, 2.05) is 30.3 Å². The first-order valence-corrected chi connectivity index (χ1v) is 11.7. The number of alkyl halides is 1. The fourth-order valence-electron chi connectivity index (χ4n) is 5.00. The van der Waals surface area contributed by atoms with Crippen molar-refractivity contribution in [3.8, 4) is 0 Å². The highest BCUT2D eigenvalue weighted by molar-refractivity contribution is 9.09. The van der Waals surface area contributed by atoms with Crippen molar-refractivity contribution in [2.75, 3.05) is 19.6 Å². The highest BCUT2D eigenvalue weighted by Gasteiger charge is 2.52. The van der Waals surface area contributed by atoms with E-state index in [4.69, 9.17) is 4.74 Å². The van der Waals surface area contributed by atoms with Gasteiger partial charge in [0.25, 0.3) is 0 Å². The number of nitrogens with one attached hydrogen (secondary N) is 1. The Morgan fingerprint density at radius 3 is 2.57 bits per heavy atom. The minimum Gasteiger partial charge on any atom is -0.445 e. The molecule has 0 radical (unpaired) electrons. The van der Waals surface area contributed by atoms with Gasteiger partial charge in [-0.25, -0.2) is 10.2 Å². The molecule has 164 valence electrons. The first-order chi connectivity index (χ1) is 14.2. The number of ether oxygens (including phenoxy) is 1. The second-order valence-corrected chi connectivity index (χ2v) is 10.7. The maximum absolute atomic E-state index is 12.5. The van der Waals surface area contributed by atoms with Crippen LogP contribution in [0, 0.1) is 5.41 Å². The number of carbonyl (C=O) groups is 1. The molecule has 2 aliphatic heterocycles. The molecule has 2 atom stereocenters. The molecule has 0 bridgehead atoms. The van der Waals surface area contributed by atoms with E-state index in [1.54, 1.807) is 4.90 Å². The monoisotopic (exact) mass is 477 g/mol. The van der Waals surface area contributed by atoms with E-state index in [9.17, 15) is 9.90 Å². The van der Waals surface area contributed by atoms with Gasteiger partial charge >= 0.3 is 6.09 Å². The number of hydrazine groups is 1. The van der Waals surface area contributed by atoms with Crippen LogP contribution >= 0.6 is 15.9 Å². The number of piperidine rings is 1. The van der Waals surface area contributed by atoms with E-state index in [2.05, 4.69) is 47.1 Å². The highest BCUT2D eigenvalue weighted by atomic mass is 79.9. The zero-order valence-electron chi connectivity index (χ0n) is 18.0.